The van der Waals surface area contributed by atoms with Crippen LogP contribution in [0.3, 0.4) is 0 Å². The van der Waals surface area contributed by atoms with Crippen LogP contribution in [0.5, 0.6) is 0 Å². The fourth-order valence-corrected chi connectivity index (χ4v) is 2.53. The molecular weight excluding hydrogens is 325 g/mol. The topological polar surface area (TPSA) is 62.7 Å². The van der Waals surface area contributed by atoms with Gasteiger partial charge >= 0.3 is 5.97 Å². The molecule has 1 fully saturated rings. The number of morpholine rings is 1. The third-order valence-electron chi connectivity index (χ3n) is 3.71. The lowest BCUT2D eigenvalue weighted by Gasteiger charge is -2.29. The summed E-state index contributed by atoms with van der Waals surface area (Å²) in [6, 6.07) is 3.91. The van der Waals surface area contributed by atoms with Crippen LogP contribution in [0.2, 0.25) is 0 Å². The van der Waals surface area contributed by atoms with E-state index in [9.17, 15) is 18.0 Å². The second kappa shape index (κ2) is 6.48. The molecule has 1 aliphatic heterocycles. The summed E-state index contributed by atoms with van der Waals surface area (Å²) in [5, 5.41) is 8.91. The SMILES string of the molecule is O=C(O)c1ccc(F)c(-c2c(F)cc(N3CCOCC3)cc2F)n1. The van der Waals surface area contributed by atoms with E-state index >= 15 is 0 Å². The Kier molecular flexibility index (Phi) is 4.39. The molecule has 0 atom stereocenters. The van der Waals surface area contributed by atoms with Gasteiger partial charge in [0.05, 0.1) is 18.8 Å². The summed E-state index contributed by atoms with van der Waals surface area (Å²) >= 11 is 0. The van der Waals surface area contributed by atoms with Crippen molar-refractivity contribution in [2.75, 3.05) is 31.2 Å². The van der Waals surface area contributed by atoms with E-state index in [0.29, 0.717) is 32.0 Å². The number of rotatable bonds is 3. The number of aromatic nitrogens is 1. The number of benzene rings is 1. The minimum atomic E-state index is -1.41. The van der Waals surface area contributed by atoms with Crippen molar-refractivity contribution in [3.8, 4) is 11.3 Å². The van der Waals surface area contributed by atoms with Gasteiger partial charge in [0.1, 0.15) is 28.8 Å². The molecule has 8 heteroatoms. The van der Waals surface area contributed by atoms with Crippen LogP contribution in [0.1, 0.15) is 10.5 Å². The molecule has 2 heterocycles. The number of nitrogens with zero attached hydrogens (tertiary/aromatic N) is 2. The quantitative estimate of drug-likeness (QED) is 0.932. The molecule has 3 rings (SSSR count). The normalized spacial score (nSPS) is 14.7. The molecule has 1 aromatic heterocycles. The number of anilines is 1. The molecule has 0 unspecified atom stereocenters. The van der Waals surface area contributed by atoms with Crippen LogP contribution < -0.4 is 4.90 Å². The number of carbonyl (C=O) groups is 1. The lowest BCUT2D eigenvalue weighted by molar-refractivity contribution is 0.0690. The highest BCUT2D eigenvalue weighted by Crippen LogP contribution is 2.31. The largest absolute Gasteiger partial charge is 0.477 e. The van der Waals surface area contributed by atoms with E-state index in [1.807, 2.05) is 0 Å². The van der Waals surface area contributed by atoms with Gasteiger partial charge in [0.15, 0.2) is 0 Å². The van der Waals surface area contributed by atoms with E-state index in [1.165, 1.54) is 0 Å². The van der Waals surface area contributed by atoms with Crippen LogP contribution in [-0.4, -0.2) is 42.4 Å². The molecule has 0 radical (unpaired) electrons. The van der Waals surface area contributed by atoms with Gasteiger partial charge in [-0.3, -0.25) is 0 Å². The molecule has 1 aliphatic rings. The number of ether oxygens (including phenoxy) is 1. The molecule has 1 saturated heterocycles. The molecule has 2 aromatic rings. The molecule has 1 aromatic carbocycles. The van der Waals surface area contributed by atoms with E-state index in [-0.39, 0.29) is 0 Å². The first-order chi connectivity index (χ1) is 11.5. The maximum Gasteiger partial charge on any atom is 0.354 e. The molecule has 0 amide bonds. The second-order valence-electron chi connectivity index (χ2n) is 5.22. The maximum absolute atomic E-state index is 14.4. The van der Waals surface area contributed by atoms with Crippen LogP contribution in [0, 0.1) is 17.5 Å². The highest BCUT2D eigenvalue weighted by Gasteiger charge is 2.22. The molecule has 0 saturated carbocycles. The second-order valence-corrected chi connectivity index (χ2v) is 5.22. The number of hydrogen-bond acceptors (Lipinski definition) is 4. The number of aromatic carboxylic acids is 1. The number of hydrogen-bond donors (Lipinski definition) is 1. The van der Waals surface area contributed by atoms with Crippen molar-refractivity contribution in [3.05, 3.63) is 47.4 Å². The number of carboxylic acids is 1. The summed E-state index contributed by atoms with van der Waals surface area (Å²) in [4.78, 5) is 16.2. The smallest absolute Gasteiger partial charge is 0.354 e. The number of halogens is 3. The highest BCUT2D eigenvalue weighted by atomic mass is 19.1. The zero-order chi connectivity index (χ0) is 17.3. The van der Waals surface area contributed by atoms with E-state index in [2.05, 4.69) is 4.98 Å². The third kappa shape index (κ3) is 3.05. The third-order valence-corrected chi connectivity index (χ3v) is 3.71. The molecule has 126 valence electrons. The molecule has 5 nitrogen and oxygen atoms in total. The van der Waals surface area contributed by atoms with Gasteiger partial charge in [0.25, 0.3) is 0 Å². The maximum atomic E-state index is 14.4. The Bertz CT molecular complexity index is 769. The van der Waals surface area contributed by atoms with Gasteiger partial charge in [-0.05, 0) is 24.3 Å². The molecule has 24 heavy (non-hydrogen) atoms. The van der Waals surface area contributed by atoms with Crippen molar-refractivity contribution < 1.29 is 27.8 Å². The first kappa shape index (κ1) is 16.3. The van der Waals surface area contributed by atoms with Crippen LogP contribution in [0.25, 0.3) is 11.3 Å². The van der Waals surface area contributed by atoms with E-state index in [4.69, 9.17) is 9.84 Å². The fraction of sp³-hybridized carbons (Fsp3) is 0.250. The van der Waals surface area contributed by atoms with Gasteiger partial charge in [-0.25, -0.2) is 22.9 Å². The molecule has 1 N–H and O–H groups in total. The Morgan fingerprint density at radius 3 is 2.29 bits per heavy atom. The number of carboxylic acid groups (broad SMARTS) is 1. The minimum absolute atomic E-state index is 0.312. The van der Waals surface area contributed by atoms with Gasteiger partial charge in [-0.15, -0.1) is 0 Å². The Morgan fingerprint density at radius 2 is 1.71 bits per heavy atom. The predicted octanol–water partition coefficient (Wildman–Crippen LogP) is 2.70. The van der Waals surface area contributed by atoms with Gasteiger partial charge in [-0.2, -0.15) is 0 Å². The predicted molar refractivity (Wildman–Crippen MR) is 79.5 cm³/mol. The number of pyridine rings is 1. The van der Waals surface area contributed by atoms with Crippen molar-refractivity contribution in [1.29, 1.82) is 0 Å². The van der Waals surface area contributed by atoms with Crippen molar-refractivity contribution >= 4 is 11.7 Å². The van der Waals surface area contributed by atoms with Crippen LogP contribution in [0.15, 0.2) is 24.3 Å². The lowest BCUT2D eigenvalue weighted by atomic mass is 10.1. The first-order valence-corrected chi connectivity index (χ1v) is 7.19. The molecular formula is C16H13F3N2O3. The summed E-state index contributed by atoms with van der Waals surface area (Å²) in [6.45, 7) is 1.86. The Hall–Kier alpha value is -2.61. The average molecular weight is 338 g/mol. The zero-order valence-electron chi connectivity index (χ0n) is 12.4. The van der Waals surface area contributed by atoms with Crippen LogP contribution in [-0.2, 0) is 4.74 Å². The van der Waals surface area contributed by atoms with E-state index in [1.54, 1.807) is 4.90 Å². The van der Waals surface area contributed by atoms with Crippen molar-refractivity contribution in [3.63, 3.8) is 0 Å². The summed E-state index contributed by atoms with van der Waals surface area (Å²) < 4.78 is 47.9. The molecule has 0 aliphatic carbocycles. The first-order valence-electron chi connectivity index (χ1n) is 7.19. The standard InChI is InChI=1S/C16H13F3N2O3/c17-10-1-2-13(16(22)23)20-15(10)14-11(18)7-9(8-12(14)19)21-3-5-24-6-4-21/h1-2,7-8H,3-6H2,(H,22,23). The van der Waals surface area contributed by atoms with E-state index < -0.39 is 40.4 Å². The van der Waals surface area contributed by atoms with E-state index in [0.717, 1.165) is 24.3 Å². The Balaban J connectivity index is 2.06. The lowest BCUT2D eigenvalue weighted by Crippen LogP contribution is -2.36. The monoisotopic (exact) mass is 338 g/mol. The van der Waals surface area contributed by atoms with Crippen molar-refractivity contribution in [2.24, 2.45) is 0 Å². The summed E-state index contributed by atoms with van der Waals surface area (Å²) in [5.74, 6) is -4.44. The van der Waals surface area contributed by atoms with Gasteiger partial charge < -0.3 is 14.7 Å². The molecule has 0 spiro atoms. The Labute approximate surface area is 135 Å². The minimum Gasteiger partial charge on any atom is -0.477 e. The van der Waals surface area contributed by atoms with Crippen molar-refractivity contribution in [1.82, 2.24) is 4.98 Å². The van der Waals surface area contributed by atoms with Gasteiger partial charge in [-0.1, -0.05) is 0 Å². The van der Waals surface area contributed by atoms with Gasteiger partial charge in [0, 0.05) is 18.8 Å². The van der Waals surface area contributed by atoms with Gasteiger partial charge in [0.2, 0.25) is 0 Å². The van der Waals surface area contributed by atoms with Crippen LogP contribution in [0.4, 0.5) is 18.9 Å². The Morgan fingerprint density at radius 1 is 1.08 bits per heavy atom. The van der Waals surface area contributed by atoms with Crippen LogP contribution >= 0.6 is 0 Å². The fourth-order valence-electron chi connectivity index (χ4n) is 2.53. The highest BCUT2D eigenvalue weighted by molar-refractivity contribution is 5.86. The zero-order valence-corrected chi connectivity index (χ0v) is 12.4. The summed E-state index contributed by atoms with van der Waals surface area (Å²) in [6.07, 6.45) is 0. The summed E-state index contributed by atoms with van der Waals surface area (Å²) in [5.41, 5.74) is -1.54. The average Bonchev–Trinajstić information content (AvgIpc) is 2.56. The molecule has 0 bridgehead atoms. The summed E-state index contributed by atoms with van der Waals surface area (Å²) in [7, 11) is 0. The van der Waals surface area contributed by atoms with Crippen molar-refractivity contribution in [2.45, 2.75) is 0 Å².